The van der Waals surface area contributed by atoms with Crippen LogP contribution in [-0.2, 0) is 6.42 Å². The van der Waals surface area contributed by atoms with Gasteiger partial charge in [-0.1, -0.05) is 0 Å². The van der Waals surface area contributed by atoms with Gasteiger partial charge in [0.1, 0.15) is 11.5 Å². The van der Waals surface area contributed by atoms with E-state index in [1.165, 1.54) is 23.5 Å². The van der Waals surface area contributed by atoms with Crippen LogP contribution < -0.4 is 11.1 Å². The fourth-order valence-corrected chi connectivity index (χ4v) is 3.39. The fraction of sp³-hybridized carbons (Fsp3) is 0.333. The van der Waals surface area contributed by atoms with Crippen LogP contribution in [0.3, 0.4) is 0 Å². The average molecular weight is 339 g/mol. The predicted octanol–water partition coefficient (Wildman–Crippen LogP) is 2.70. The summed E-state index contributed by atoms with van der Waals surface area (Å²) in [6.07, 6.45) is 1.54. The Balaban J connectivity index is 1.65. The van der Waals surface area contributed by atoms with Crippen molar-refractivity contribution in [3.8, 4) is 0 Å². The van der Waals surface area contributed by atoms with Gasteiger partial charge in [0.2, 0.25) is 0 Å². The summed E-state index contributed by atoms with van der Waals surface area (Å²) in [4.78, 5) is 17.2. The number of amides is 1. The maximum absolute atomic E-state index is 12.8. The highest BCUT2D eigenvalue weighted by molar-refractivity contribution is 7.99. The van der Waals surface area contributed by atoms with Gasteiger partial charge in [-0.3, -0.25) is 4.79 Å². The Hall–Kier alpha value is -1.44. The van der Waals surface area contributed by atoms with Gasteiger partial charge in [-0.2, -0.15) is 0 Å². The molecule has 0 aliphatic heterocycles. The third-order valence-corrected chi connectivity index (χ3v) is 4.84. The molecule has 1 heterocycles. The van der Waals surface area contributed by atoms with Crippen molar-refractivity contribution in [2.45, 2.75) is 17.7 Å². The molecular weight excluding hydrogens is 321 g/mol. The molecule has 1 aromatic carbocycles. The minimum atomic E-state index is -0.228. The number of hydrogen-bond acceptors (Lipinski definition) is 5. The Kier molecular flexibility index (Phi) is 6.82. The lowest BCUT2D eigenvalue weighted by molar-refractivity contribution is 0.0949. The third-order valence-electron chi connectivity index (χ3n) is 2.83. The molecule has 2 rings (SSSR count). The highest BCUT2D eigenvalue weighted by atomic mass is 32.2. The molecule has 0 saturated carbocycles. The third kappa shape index (κ3) is 5.40. The summed E-state index contributed by atoms with van der Waals surface area (Å²) in [5, 5.41) is 5.50. The van der Waals surface area contributed by atoms with Crippen molar-refractivity contribution in [3.05, 3.63) is 46.2 Å². The highest BCUT2D eigenvalue weighted by Crippen LogP contribution is 2.18. The first-order chi connectivity index (χ1) is 10.7. The predicted molar refractivity (Wildman–Crippen MR) is 88.9 cm³/mol. The summed E-state index contributed by atoms with van der Waals surface area (Å²) in [6.45, 7) is 1.13. The number of aromatic nitrogens is 1. The lowest BCUT2D eigenvalue weighted by Gasteiger charge is -2.04. The van der Waals surface area contributed by atoms with Gasteiger partial charge < -0.3 is 11.1 Å². The highest BCUT2D eigenvalue weighted by Gasteiger charge is 2.09. The van der Waals surface area contributed by atoms with Crippen molar-refractivity contribution < 1.29 is 9.18 Å². The lowest BCUT2D eigenvalue weighted by atomic mass is 10.4. The van der Waals surface area contributed by atoms with Crippen LogP contribution in [0.4, 0.5) is 4.39 Å². The molecule has 2 aromatic rings. The summed E-state index contributed by atoms with van der Waals surface area (Å²) in [6, 6.07) is 6.41. The van der Waals surface area contributed by atoms with Gasteiger partial charge in [0, 0.05) is 23.2 Å². The zero-order valence-corrected chi connectivity index (χ0v) is 13.7. The molecule has 0 bridgehead atoms. The molecule has 0 unspecified atom stereocenters. The topological polar surface area (TPSA) is 68.0 Å². The van der Waals surface area contributed by atoms with E-state index < -0.39 is 0 Å². The quantitative estimate of drug-likeness (QED) is 0.573. The molecule has 118 valence electrons. The molecule has 0 aliphatic rings. The zero-order valence-electron chi connectivity index (χ0n) is 12.0. The van der Waals surface area contributed by atoms with Gasteiger partial charge in [-0.25, -0.2) is 9.37 Å². The van der Waals surface area contributed by atoms with Crippen LogP contribution >= 0.6 is 23.1 Å². The Labute approximate surface area is 137 Å². The van der Waals surface area contributed by atoms with Crippen LogP contribution in [0.15, 0.2) is 34.5 Å². The first-order valence-corrected chi connectivity index (χ1v) is 8.86. The van der Waals surface area contributed by atoms with Gasteiger partial charge in [0.05, 0.1) is 5.01 Å². The van der Waals surface area contributed by atoms with Crippen LogP contribution in [0.25, 0.3) is 0 Å². The van der Waals surface area contributed by atoms with Crippen molar-refractivity contribution in [1.29, 1.82) is 0 Å². The second kappa shape index (κ2) is 8.87. The number of nitrogens with two attached hydrogens (primary N) is 1. The standard InChI is InChI=1S/C15H18FN3OS2/c16-11-2-4-12(5-3-11)21-9-1-8-18-15(20)13-10-22-14(19-13)6-7-17/h2-5,10H,1,6-9,17H2,(H,18,20). The van der Waals surface area contributed by atoms with Crippen molar-refractivity contribution >= 4 is 29.0 Å². The average Bonchev–Trinajstić information content (AvgIpc) is 2.98. The van der Waals surface area contributed by atoms with E-state index >= 15 is 0 Å². The van der Waals surface area contributed by atoms with Crippen LogP contribution in [0.5, 0.6) is 0 Å². The molecule has 1 amide bonds. The van der Waals surface area contributed by atoms with E-state index in [9.17, 15) is 9.18 Å². The molecule has 4 nitrogen and oxygen atoms in total. The monoisotopic (exact) mass is 339 g/mol. The first-order valence-electron chi connectivity index (χ1n) is 7.00. The van der Waals surface area contributed by atoms with Crippen LogP contribution in [0, 0.1) is 5.82 Å². The van der Waals surface area contributed by atoms with Gasteiger partial charge in [-0.15, -0.1) is 23.1 Å². The van der Waals surface area contributed by atoms with Gasteiger partial charge >= 0.3 is 0 Å². The van der Waals surface area contributed by atoms with E-state index in [1.54, 1.807) is 29.3 Å². The van der Waals surface area contributed by atoms with Crippen molar-refractivity contribution in [1.82, 2.24) is 10.3 Å². The largest absolute Gasteiger partial charge is 0.351 e. The number of nitrogens with zero attached hydrogens (tertiary/aromatic N) is 1. The van der Waals surface area contributed by atoms with Crippen LogP contribution in [-0.4, -0.2) is 29.7 Å². The van der Waals surface area contributed by atoms with Gasteiger partial charge in [0.25, 0.3) is 5.91 Å². The number of halogens is 1. The Bertz CT molecular complexity index is 601. The number of thiazole rings is 1. The van der Waals surface area contributed by atoms with E-state index in [0.29, 0.717) is 25.2 Å². The molecular formula is C15H18FN3OS2. The summed E-state index contributed by atoms with van der Waals surface area (Å²) < 4.78 is 12.8. The minimum Gasteiger partial charge on any atom is -0.351 e. The molecule has 0 atom stereocenters. The van der Waals surface area contributed by atoms with E-state index in [0.717, 1.165) is 22.1 Å². The molecule has 3 N–H and O–H groups in total. The number of benzene rings is 1. The number of rotatable bonds is 8. The van der Waals surface area contributed by atoms with E-state index in [-0.39, 0.29) is 11.7 Å². The summed E-state index contributed by atoms with van der Waals surface area (Å²) >= 11 is 3.10. The van der Waals surface area contributed by atoms with E-state index in [1.807, 2.05) is 0 Å². The minimum absolute atomic E-state index is 0.147. The first kappa shape index (κ1) is 16.9. The SMILES string of the molecule is NCCc1nc(C(=O)NCCCSc2ccc(F)cc2)cs1. The van der Waals surface area contributed by atoms with E-state index in [4.69, 9.17) is 5.73 Å². The molecule has 7 heteroatoms. The zero-order chi connectivity index (χ0) is 15.8. The van der Waals surface area contributed by atoms with Crippen LogP contribution in [0.2, 0.25) is 0 Å². The molecule has 0 fully saturated rings. The summed E-state index contributed by atoms with van der Waals surface area (Å²) in [5.41, 5.74) is 5.92. The normalized spacial score (nSPS) is 10.6. The Morgan fingerprint density at radius 3 is 2.86 bits per heavy atom. The Morgan fingerprint density at radius 1 is 1.36 bits per heavy atom. The van der Waals surface area contributed by atoms with Crippen molar-refractivity contribution in [2.24, 2.45) is 5.73 Å². The second-order valence-corrected chi connectivity index (χ2v) is 6.69. The lowest BCUT2D eigenvalue weighted by Crippen LogP contribution is -2.25. The van der Waals surface area contributed by atoms with Gasteiger partial charge in [-0.05, 0) is 43.0 Å². The second-order valence-electron chi connectivity index (χ2n) is 4.58. The van der Waals surface area contributed by atoms with Crippen molar-refractivity contribution in [3.63, 3.8) is 0 Å². The molecule has 0 spiro atoms. The maximum Gasteiger partial charge on any atom is 0.270 e. The number of nitrogens with one attached hydrogen (secondary N) is 1. The van der Waals surface area contributed by atoms with Crippen LogP contribution in [0.1, 0.15) is 21.9 Å². The van der Waals surface area contributed by atoms with E-state index in [2.05, 4.69) is 10.3 Å². The molecule has 0 aliphatic carbocycles. The molecule has 0 saturated heterocycles. The van der Waals surface area contributed by atoms with Gasteiger partial charge in [0.15, 0.2) is 0 Å². The maximum atomic E-state index is 12.8. The fourth-order valence-electron chi connectivity index (χ4n) is 1.74. The molecule has 0 radical (unpaired) electrons. The smallest absolute Gasteiger partial charge is 0.270 e. The summed E-state index contributed by atoms with van der Waals surface area (Å²) in [5.74, 6) is 0.488. The number of carbonyl (C=O) groups excluding carboxylic acids is 1. The Morgan fingerprint density at radius 2 is 2.14 bits per heavy atom. The summed E-state index contributed by atoms with van der Waals surface area (Å²) in [7, 11) is 0. The van der Waals surface area contributed by atoms with Crippen molar-refractivity contribution in [2.75, 3.05) is 18.8 Å². The number of carbonyl (C=O) groups is 1. The number of hydrogen-bond donors (Lipinski definition) is 2. The molecule has 22 heavy (non-hydrogen) atoms. The molecule has 1 aromatic heterocycles. The number of thioether (sulfide) groups is 1.